The Morgan fingerprint density at radius 3 is 2.71 bits per heavy atom. The van der Waals surface area contributed by atoms with Crippen molar-refractivity contribution in [1.29, 1.82) is 5.26 Å². The van der Waals surface area contributed by atoms with Crippen LogP contribution in [0.1, 0.15) is 41.4 Å². The van der Waals surface area contributed by atoms with E-state index < -0.39 is 0 Å². The van der Waals surface area contributed by atoms with Crippen molar-refractivity contribution in [2.24, 2.45) is 5.92 Å². The van der Waals surface area contributed by atoms with Crippen molar-refractivity contribution in [1.82, 2.24) is 14.8 Å². The fraction of sp³-hybridized carbons (Fsp3) is 0.478. The summed E-state index contributed by atoms with van der Waals surface area (Å²) in [6.07, 6.45) is 2.59. The zero-order chi connectivity index (χ0) is 22.0. The second-order valence-electron chi connectivity index (χ2n) is 8.05. The van der Waals surface area contributed by atoms with Gasteiger partial charge in [0.15, 0.2) is 0 Å². The summed E-state index contributed by atoms with van der Waals surface area (Å²) in [6.45, 7) is 4.21. The van der Waals surface area contributed by atoms with Gasteiger partial charge in [0.25, 0.3) is 5.91 Å². The molecule has 0 N–H and O–H groups in total. The molecule has 0 saturated carbocycles. The largest absolute Gasteiger partial charge is 0.449 e. The summed E-state index contributed by atoms with van der Waals surface area (Å²) in [4.78, 5) is 33.2. The number of amides is 2. The zero-order valence-electron chi connectivity index (χ0n) is 17.6. The summed E-state index contributed by atoms with van der Waals surface area (Å²) in [5, 5.41) is 10.7. The van der Waals surface area contributed by atoms with Crippen molar-refractivity contribution >= 4 is 34.5 Å². The molecule has 2 heterocycles. The summed E-state index contributed by atoms with van der Waals surface area (Å²) in [7, 11) is 0. The molecule has 162 valence electrons. The zero-order valence-corrected chi connectivity index (χ0v) is 18.3. The number of hydrogen-bond acceptors (Lipinski definition) is 5. The standard InChI is InChI=1S/C23H25ClN4O3/c1-2-11-31-23(30)28-9-7-27(8-10-28)22(29)16-4-5-17-20(13-16)26-19-6-3-15(14-25)12-18(19)21(17)24/h4-5,13,15H,2-3,6-12H2,1H3. The van der Waals surface area contributed by atoms with Crippen LogP contribution in [0.4, 0.5) is 4.79 Å². The highest BCUT2D eigenvalue weighted by atomic mass is 35.5. The van der Waals surface area contributed by atoms with E-state index in [1.807, 2.05) is 13.0 Å². The number of piperazine rings is 1. The molecule has 1 aromatic heterocycles. The molecule has 4 rings (SSSR count). The van der Waals surface area contributed by atoms with E-state index in [2.05, 4.69) is 6.07 Å². The number of aryl methyl sites for hydroxylation is 1. The van der Waals surface area contributed by atoms with Gasteiger partial charge in [-0.05, 0) is 43.4 Å². The molecule has 2 aromatic rings. The monoisotopic (exact) mass is 440 g/mol. The average molecular weight is 441 g/mol. The smallest absolute Gasteiger partial charge is 0.409 e. The quantitative estimate of drug-likeness (QED) is 0.724. The lowest BCUT2D eigenvalue weighted by Gasteiger charge is -2.34. The Hall–Kier alpha value is -2.85. The first-order valence-electron chi connectivity index (χ1n) is 10.7. The number of halogens is 1. The number of carbonyl (C=O) groups is 2. The van der Waals surface area contributed by atoms with Gasteiger partial charge in [-0.3, -0.25) is 9.78 Å². The van der Waals surface area contributed by atoms with Crippen molar-refractivity contribution in [2.45, 2.75) is 32.6 Å². The number of nitrogens with zero attached hydrogens (tertiary/aromatic N) is 4. The third-order valence-electron chi connectivity index (χ3n) is 5.97. The average Bonchev–Trinajstić information content (AvgIpc) is 2.81. The number of rotatable bonds is 3. The van der Waals surface area contributed by atoms with Crippen LogP contribution in [0, 0.1) is 17.2 Å². The molecule has 1 saturated heterocycles. The van der Waals surface area contributed by atoms with Crippen molar-refractivity contribution < 1.29 is 14.3 Å². The summed E-state index contributed by atoms with van der Waals surface area (Å²) in [5.41, 5.74) is 3.14. The molecule has 1 aliphatic carbocycles. The fourth-order valence-corrected chi connectivity index (χ4v) is 4.53. The fourth-order valence-electron chi connectivity index (χ4n) is 4.18. The van der Waals surface area contributed by atoms with Gasteiger partial charge >= 0.3 is 6.09 Å². The Kier molecular flexibility index (Phi) is 6.28. The number of ether oxygens (including phenoxy) is 1. The molecule has 8 heteroatoms. The first kappa shape index (κ1) is 21.4. The number of pyridine rings is 1. The SMILES string of the molecule is CCCOC(=O)N1CCN(C(=O)c2ccc3c(Cl)c4c(nc3c2)CCC(C#N)C4)CC1. The highest BCUT2D eigenvalue weighted by Gasteiger charge is 2.27. The molecule has 1 atom stereocenters. The van der Waals surface area contributed by atoms with Crippen LogP contribution < -0.4 is 0 Å². The van der Waals surface area contributed by atoms with Crippen molar-refractivity contribution in [3.8, 4) is 6.07 Å². The van der Waals surface area contributed by atoms with Crippen LogP contribution in [0.5, 0.6) is 0 Å². The van der Waals surface area contributed by atoms with E-state index in [-0.39, 0.29) is 17.9 Å². The number of carbonyl (C=O) groups excluding carboxylic acids is 2. The summed E-state index contributed by atoms with van der Waals surface area (Å²) in [5.74, 6) is -0.105. The number of nitriles is 1. The molecule has 2 aliphatic rings. The highest BCUT2D eigenvalue weighted by molar-refractivity contribution is 6.36. The van der Waals surface area contributed by atoms with Crippen LogP contribution >= 0.6 is 11.6 Å². The van der Waals surface area contributed by atoms with Crippen LogP contribution in [-0.2, 0) is 17.6 Å². The molecule has 2 amide bonds. The summed E-state index contributed by atoms with van der Waals surface area (Å²) >= 11 is 6.65. The lowest BCUT2D eigenvalue weighted by atomic mass is 9.86. The maximum atomic E-state index is 13.0. The van der Waals surface area contributed by atoms with Gasteiger partial charge in [0.2, 0.25) is 0 Å². The maximum absolute atomic E-state index is 13.0. The lowest BCUT2D eigenvalue weighted by molar-refractivity contribution is 0.0560. The first-order valence-corrected chi connectivity index (χ1v) is 11.1. The third-order valence-corrected chi connectivity index (χ3v) is 6.40. The number of fused-ring (bicyclic) bond motifs is 2. The van der Waals surface area contributed by atoms with Gasteiger partial charge in [0.1, 0.15) is 0 Å². The maximum Gasteiger partial charge on any atom is 0.409 e. The Labute approximate surface area is 186 Å². The molecular formula is C23H25ClN4O3. The van der Waals surface area contributed by atoms with E-state index in [0.717, 1.165) is 35.9 Å². The van der Waals surface area contributed by atoms with Crippen LogP contribution in [0.2, 0.25) is 5.02 Å². The van der Waals surface area contributed by atoms with Crippen molar-refractivity contribution in [2.75, 3.05) is 32.8 Å². The molecular weight excluding hydrogens is 416 g/mol. The van der Waals surface area contributed by atoms with Gasteiger partial charge < -0.3 is 14.5 Å². The van der Waals surface area contributed by atoms with Gasteiger partial charge in [0.05, 0.1) is 29.1 Å². The topological polar surface area (TPSA) is 86.5 Å². The van der Waals surface area contributed by atoms with Crippen LogP contribution in [0.3, 0.4) is 0 Å². The summed E-state index contributed by atoms with van der Waals surface area (Å²) in [6, 6.07) is 7.74. The van der Waals surface area contributed by atoms with E-state index in [1.54, 1.807) is 21.9 Å². The Morgan fingerprint density at radius 2 is 2.00 bits per heavy atom. The minimum absolute atomic E-state index is 0.0250. The normalized spacial score (nSPS) is 18.4. The van der Waals surface area contributed by atoms with Gasteiger partial charge in [-0.2, -0.15) is 5.26 Å². The van der Waals surface area contributed by atoms with E-state index in [1.165, 1.54) is 0 Å². The van der Waals surface area contributed by atoms with Crippen LogP contribution in [-0.4, -0.2) is 59.6 Å². The number of aromatic nitrogens is 1. The van der Waals surface area contributed by atoms with E-state index in [0.29, 0.717) is 55.3 Å². The molecule has 1 fully saturated rings. The molecule has 7 nitrogen and oxygen atoms in total. The minimum atomic E-state index is -0.318. The van der Waals surface area contributed by atoms with Gasteiger partial charge in [-0.15, -0.1) is 0 Å². The number of hydrogen-bond donors (Lipinski definition) is 0. The second kappa shape index (κ2) is 9.11. The predicted molar refractivity (Wildman–Crippen MR) is 117 cm³/mol. The van der Waals surface area contributed by atoms with Crippen LogP contribution in [0.25, 0.3) is 10.9 Å². The molecule has 0 bridgehead atoms. The first-order chi connectivity index (χ1) is 15.0. The molecule has 1 aromatic carbocycles. The number of benzene rings is 1. The van der Waals surface area contributed by atoms with Crippen LogP contribution in [0.15, 0.2) is 18.2 Å². The molecule has 1 unspecified atom stereocenters. The third kappa shape index (κ3) is 4.31. The van der Waals surface area contributed by atoms with E-state index in [9.17, 15) is 14.9 Å². The second-order valence-corrected chi connectivity index (χ2v) is 8.42. The predicted octanol–water partition coefficient (Wildman–Crippen LogP) is 3.82. The molecule has 0 spiro atoms. The van der Waals surface area contributed by atoms with Crippen molar-refractivity contribution in [3.63, 3.8) is 0 Å². The Balaban J connectivity index is 1.50. The van der Waals surface area contributed by atoms with Crippen molar-refractivity contribution in [3.05, 3.63) is 40.0 Å². The molecule has 0 radical (unpaired) electrons. The van der Waals surface area contributed by atoms with Gasteiger partial charge in [-0.1, -0.05) is 24.6 Å². The lowest BCUT2D eigenvalue weighted by Crippen LogP contribution is -2.50. The van der Waals surface area contributed by atoms with Gasteiger partial charge in [-0.25, -0.2) is 4.79 Å². The highest BCUT2D eigenvalue weighted by Crippen LogP contribution is 2.35. The Bertz CT molecular complexity index is 1060. The molecule has 31 heavy (non-hydrogen) atoms. The summed E-state index contributed by atoms with van der Waals surface area (Å²) < 4.78 is 5.17. The van der Waals surface area contributed by atoms with E-state index in [4.69, 9.17) is 21.3 Å². The van der Waals surface area contributed by atoms with Gasteiger partial charge in [0, 0.05) is 42.8 Å². The Morgan fingerprint density at radius 1 is 1.26 bits per heavy atom. The minimum Gasteiger partial charge on any atom is -0.449 e. The van der Waals surface area contributed by atoms with E-state index >= 15 is 0 Å². The molecule has 1 aliphatic heterocycles.